The average molecular weight is 468 g/mol. The smallest absolute Gasteiger partial charge is 0.324 e. The average Bonchev–Trinajstić information content (AvgIpc) is 2.83. The van der Waals surface area contributed by atoms with Gasteiger partial charge in [0.2, 0.25) is 0 Å². The van der Waals surface area contributed by atoms with Crippen LogP contribution in [0.4, 0.5) is 0 Å². The van der Waals surface area contributed by atoms with E-state index in [1.165, 1.54) is 161 Å². The summed E-state index contributed by atoms with van der Waals surface area (Å²) in [6.45, 7) is 2.30. The molecule has 0 amide bonds. The van der Waals surface area contributed by atoms with Crippen LogP contribution >= 0.6 is 0 Å². The topological polar surface area (TPSA) is 52.3 Å². The van der Waals surface area contributed by atoms with Crippen LogP contribution in [-0.2, 0) is 9.63 Å². The molecule has 0 aliphatic rings. The summed E-state index contributed by atoms with van der Waals surface area (Å²) in [4.78, 5) is 15.1. The van der Waals surface area contributed by atoms with Crippen molar-refractivity contribution >= 4 is 5.97 Å². The van der Waals surface area contributed by atoms with E-state index in [-0.39, 0.29) is 5.97 Å². The molecule has 0 saturated carbocycles. The highest BCUT2D eigenvalue weighted by molar-refractivity contribution is 5.68. The van der Waals surface area contributed by atoms with E-state index >= 15 is 0 Å². The van der Waals surface area contributed by atoms with E-state index in [0.29, 0.717) is 6.42 Å². The molecule has 2 N–H and O–H groups in total. The first kappa shape index (κ1) is 32.4. The van der Waals surface area contributed by atoms with Gasteiger partial charge in [0.05, 0.1) is 0 Å². The molecule has 0 aromatic heterocycles. The van der Waals surface area contributed by atoms with E-state index in [9.17, 15) is 4.79 Å². The Morgan fingerprint density at radius 3 is 0.848 bits per heavy atom. The maximum absolute atomic E-state index is 10.9. The molecule has 0 bridgehead atoms. The van der Waals surface area contributed by atoms with Crippen molar-refractivity contribution in [3.05, 3.63) is 0 Å². The maximum atomic E-state index is 10.9. The first-order valence-corrected chi connectivity index (χ1v) is 15.2. The molecule has 3 nitrogen and oxygen atoms in total. The molecular weight excluding hydrogens is 406 g/mol. The van der Waals surface area contributed by atoms with E-state index in [2.05, 4.69) is 11.8 Å². The first-order chi connectivity index (χ1) is 16.3. The molecule has 0 unspecified atom stereocenters. The van der Waals surface area contributed by atoms with Crippen LogP contribution in [-0.4, -0.2) is 5.97 Å². The minimum atomic E-state index is -0.283. The van der Waals surface area contributed by atoms with Gasteiger partial charge in [0.1, 0.15) is 0 Å². The molecule has 0 heterocycles. The van der Waals surface area contributed by atoms with Crippen LogP contribution in [0, 0.1) is 0 Å². The lowest BCUT2D eigenvalue weighted by Gasteiger charge is -2.04. The zero-order valence-corrected chi connectivity index (χ0v) is 22.7. The first-order valence-electron chi connectivity index (χ1n) is 15.2. The minimum Gasteiger partial charge on any atom is -0.373 e. The van der Waals surface area contributed by atoms with Gasteiger partial charge in [-0.05, 0) is 6.42 Å². The second-order valence-corrected chi connectivity index (χ2v) is 10.4. The second-order valence-electron chi connectivity index (χ2n) is 10.4. The van der Waals surface area contributed by atoms with Crippen LogP contribution in [0.15, 0.2) is 0 Å². The molecule has 3 heteroatoms. The highest BCUT2D eigenvalue weighted by Gasteiger charge is 2.00. The molecule has 0 aliphatic heterocycles. The monoisotopic (exact) mass is 467 g/mol. The van der Waals surface area contributed by atoms with Crippen LogP contribution in [0.3, 0.4) is 0 Å². The van der Waals surface area contributed by atoms with E-state index in [1.807, 2.05) is 0 Å². The standard InChI is InChI=1S/C30H61NO2/c1-2-3-4-5-6-7-8-9-10-11-12-13-14-15-16-17-18-19-20-21-22-23-24-25-26-27-28-29-30(32)33-31/h2-29,31H2,1H3. The third-order valence-corrected chi connectivity index (χ3v) is 7.12. The Balaban J connectivity index is 3.02. The molecule has 0 radical (unpaired) electrons. The van der Waals surface area contributed by atoms with Gasteiger partial charge in [0.25, 0.3) is 0 Å². The lowest BCUT2D eigenvalue weighted by atomic mass is 10.0. The van der Waals surface area contributed by atoms with Crippen molar-refractivity contribution in [2.75, 3.05) is 0 Å². The third kappa shape index (κ3) is 29.4. The van der Waals surface area contributed by atoms with Crippen LogP contribution in [0.1, 0.15) is 187 Å². The van der Waals surface area contributed by atoms with Gasteiger partial charge >= 0.3 is 5.97 Å². The Kier molecular flexibility index (Phi) is 29.0. The van der Waals surface area contributed by atoms with Gasteiger partial charge < -0.3 is 4.84 Å². The number of carbonyl (C=O) groups is 1. The van der Waals surface area contributed by atoms with Crippen LogP contribution in [0.25, 0.3) is 0 Å². The van der Waals surface area contributed by atoms with Gasteiger partial charge in [0.15, 0.2) is 0 Å². The van der Waals surface area contributed by atoms with Gasteiger partial charge in [-0.2, -0.15) is 5.90 Å². The number of hydrogen-bond acceptors (Lipinski definition) is 3. The Hall–Kier alpha value is -0.570. The number of unbranched alkanes of at least 4 members (excludes halogenated alkanes) is 26. The lowest BCUT2D eigenvalue weighted by molar-refractivity contribution is -0.144. The molecule has 0 aliphatic carbocycles. The van der Waals surface area contributed by atoms with Crippen LogP contribution in [0.5, 0.6) is 0 Å². The summed E-state index contributed by atoms with van der Waals surface area (Å²) in [5.74, 6) is 4.55. The van der Waals surface area contributed by atoms with E-state index in [0.717, 1.165) is 12.8 Å². The third-order valence-electron chi connectivity index (χ3n) is 7.12. The van der Waals surface area contributed by atoms with Crippen molar-refractivity contribution in [2.45, 2.75) is 187 Å². The summed E-state index contributed by atoms with van der Waals surface area (Å²) in [5.41, 5.74) is 0. The zero-order valence-electron chi connectivity index (χ0n) is 22.7. The van der Waals surface area contributed by atoms with Gasteiger partial charge in [-0.25, -0.2) is 0 Å². The Morgan fingerprint density at radius 2 is 0.636 bits per heavy atom. The summed E-state index contributed by atoms with van der Waals surface area (Å²) in [6.07, 6.45) is 38.2. The zero-order chi connectivity index (χ0) is 24.1. The van der Waals surface area contributed by atoms with Gasteiger partial charge in [-0.15, -0.1) is 0 Å². The molecule has 198 valence electrons. The molecule has 0 fully saturated rings. The van der Waals surface area contributed by atoms with Gasteiger partial charge in [-0.3, -0.25) is 4.79 Å². The fourth-order valence-corrected chi connectivity index (χ4v) is 4.82. The number of carbonyl (C=O) groups excluding carboxylic acids is 1. The van der Waals surface area contributed by atoms with Crippen molar-refractivity contribution < 1.29 is 9.63 Å². The van der Waals surface area contributed by atoms with Crippen molar-refractivity contribution in [1.82, 2.24) is 0 Å². The predicted octanol–water partition coefficient (Wildman–Crippen LogP) is 10.3. The molecule has 0 rings (SSSR count). The summed E-state index contributed by atoms with van der Waals surface area (Å²) >= 11 is 0. The Labute approximate surface area is 208 Å². The van der Waals surface area contributed by atoms with E-state index < -0.39 is 0 Å². The molecular formula is C30H61NO2. The van der Waals surface area contributed by atoms with Crippen molar-refractivity contribution in [2.24, 2.45) is 5.90 Å². The summed E-state index contributed by atoms with van der Waals surface area (Å²) in [6, 6.07) is 0. The molecule has 0 atom stereocenters. The summed E-state index contributed by atoms with van der Waals surface area (Å²) in [7, 11) is 0. The van der Waals surface area contributed by atoms with Crippen molar-refractivity contribution in [3.63, 3.8) is 0 Å². The Morgan fingerprint density at radius 1 is 0.424 bits per heavy atom. The molecule has 0 aromatic rings. The second kappa shape index (κ2) is 29.5. The predicted molar refractivity (Wildman–Crippen MR) is 145 cm³/mol. The van der Waals surface area contributed by atoms with Crippen molar-refractivity contribution in [3.8, 4) is 0 Å². The highest BCUT2D eigenvalue weighted by atomic mass is 16.7. The summed E-state index contributed by atoms with van der Waals surface area (Å²) < 4.78 is 0. The summed E-state index contributed by atoms with van der Waals surface area (Å²) in [5, 5.41) is 0. The van der Waals surface area contributed by atoms with E-state index in [4.69, 9.17) is 5.90 Å². The van der Waals surface area contributed by atoms with Gasteiger partial charge in [-0.1, -0.05) is 174 Å². The number of hydrogen-bond donors (Lipinski definition) is 1. The quantitative estimate of drug-likeness (QED) is 0.0919. The largest absolute Gasteiger partial charge is 0.373 e. The van der Waals surface area contributed by atoms with Crippen LogP contribution < -0.4 is 5.90 Å². The lowest BCUT2D eigenvalue weighted by Crippen LogP contribution is -2.08. The van der Waals surface area contributed by atoms with Gasteiger partial charge in [0, 0.05) is 6.42 Å². The molecule has 33 heavy (non-hydrogen) atoms. The number of rotatable bonds is 28. The minimum absolute atomic E-state index is 0.283. The van der Waals surface area contributed by atoms with E-state index in [1.54, 1.807) is 0 Å². The SMILES string of the molecule is CCCCCCCCCCCCCCCCCCCCCCCCCCCCCC(=O)ON. The normalized spacial score (nSPS) is 11.2. The maximum Gasteiger partial charge on any atom is 0.324 e. The van der Waals surface area contributed by atoms with Crippen LogP contribution in [0.2, 0.25) is 0 Å². The fraction of sp³-hybridized carbons (Fsp3) is 0.967. The molecule has 0 saturated heterocycles. The molecule has 0 spiro atoms. The highest BCUT2D eigenvalue weighted by Crippen LogP contribution is 2.16. The number of nitrogens with two attached hydrogens (primary N) is 1. The van der Waals surface area contributed by atoms with Crippen molar-refractivity contribution in [1.29, 1.82) is 0 Å². The molecule has 0 aromatic carbocycles. The Bertz CT molecular complexity index is 372. The fourth-order valence-electron chi connectivity index (χ4n) is 4.82.